The van der Waals surface area contributed by atoms with Crippen molar-refractivity contribution in [2.24, 2.45) is 0 Å². The molecule has 0 spiro atoms. The number of hydrogen-bond donors (Lipinski definition) is 3. The summed E-state index contributed by atoms with van der Waals surface area (Å²) < 4.78 is 5.29. The van der Waals surface area contributed by atoms with E-state index >= 15 is 0 Å². The van der Waals surface area contributed by atoms with Crippen LogP contribution in [0.25, 0.3) is 22.1 Å². The van der Waals surface area contributed by atoms with Crippen molar-refractivity contribution in [3.8, 4) is 28.4 Å². The standard InChI is InChI=1S/C15H10O5.C14H12O/c16-9-3-1-8(2-4-9)11-7-20-13-6-10(17)5-12(18)14(13)15(11)19;15-14(13-9-5-2-6-10-13)11-12-7-3-1-4-8-12/h1-7,16-18H;1-10H,11H2. The number of Topliss-reactive ketones (excluding diaryl/α,β-unsaturated/α-hetero) is 1. The van der Waals surface area contributed by atoms with E-state index in [1.165, 1.54) is 24.5 Å². The fraction of sp³-hybridized carbons (Fsp3) is 0.0345. The third-order valence-electron chi connectivity index (χ3n) is 5.32. The van der Waals surface area contributed by atoms with Gasteiger partial charge in [-0.15, -0.1) is 0 Å². The molecule has 3 N–H and O–H groups in total. The van der Waals surface area contributed by atoms with Gasteiger partial charge >= 0.3 is 0 Å². The van der Waals surface area contributed by atoms with E-state index in [2.05, 4.69) is 0 Å². The summed E-state index contributed by atoms with van der Waals surface area (Å²) in [6, 6.07) is 27.6. The number of carbonyl (C=O) groups is 1. The number of aromatic hydroxyl groups is 3. The molecule has 1 aromatic heterocycles. The zero-order valence-corrected chi connectivity index (χ0v) is 18.6. The average molecular weight is 466 g/mol. The van der Waals surface area contributed by atoms with Crippen molar-refractivity contribution in [3.05, 3.63) is 125 Å². The Kier molecular flexibility index (Phi) is 6.93. The molecule has 0 aliphatic carbocycles. The summed E-state index contributed by atoms with van der Waals surface area (Å²) in [6.45, 7) is 0. The lowest BCUT2D eigenvalue weighted by molar-refractivity contribution is 0.0993. The van der Waals surface area contributed by atoms with Gasteiger partial charge in [0, 0.05) is 24.1 Å². The Morgan fingerprint density at radius 1 is 0.743 bits per heavy atom. The van der Waals surface area contributed by atoms with Gasteiger partial charge in [-0.3, -0.25) is 9.59 Å². The topological polar surface area (TPSA) is 108 Å². The Hall–Kier alpha value is -4.84. The molecule has 0 saturated carbocycles. The van der Waals surface area contributed by atoms with Crippen LogP contribution in [0.2, 0.25) is 0 Å². The van der Waals surface area contributed by atoms with Crippen molar-refractivity contribution in [1.82, 2.24) is 0 Å². The van der Waals surface area contributed by atoms with Crippen molar-refractivity contribution in [1.29, 1.82) is 0 Å². The summed E-state index contributed by atoms with van der Waals surface area (Å²) in [5.74, 6) is -0.265. The predicted octanol–water partition coefficient (Wildman–Crippen LogP) is 5.69. The molecule has 0 aliphatic rings. The van der Waals surface area contributed by atoms with E-state index in [9.17, 15) is 24.9 Å². The van der Waals surface area contributed by atoms with Crippen LogP contribution in [0.15, 0.2) is 113 Å². The summed E-state index contributed by atoms with van der Waals surface area (Å²) in [7, 11) is 0. The van der Waals surface area contributed by atoms with Crippen molar-refractivity contribution >= 4 is 16.8 Å². The summed E-state index contributed by atoms with van der Waals surface area (Å²) in [4.78, 5) is 24.2. The minimum atomic E-state index is -0.408. The first-order valence-corrected chi connectivity index (χ1v) is 10.8. The van der Waals surface area contributed by atoms with Crippen LogP contribution in [0.3, 0.4) is 0 Å². The predicted molar refractivity (Wildman–Crippen MR) is 134 cm³/mol. The van der Waals surface area contributed by atoms with E-state index in [1.54, 1.807) is 12.1 Å². The molecule has 1 heterocycles. The van der Waals surface area contributed by atoms with Crippen LogP contribution >= 0.6 is 0 Å². The Morgan fingerprint density at radius 2 is 1.37 bits per heavy atom. The van der Waals surface area contributed by atoms with E-state index in [4.69, 9.17) is 4.42 Å². The lowest BCUT2D eigenvalue weighted by Crippen LogP contribution is -2.04. The molecule has 0 amide bonds. The minimum absolute atomic E-state index is 0.00775. The van der Waals surface area contributed by atoms with E-state index in [0.29, 0.717) is 12.0 Å². The molecule has 0 unspecified atom stereocenters. The van der Waals surface area contributed by atoms with E-state index in [-0.39, 0.29) is 39.6 Å². The van der Waals surface area contributed by atoms with Crippen molar-refractivity contribution in [2.45, 2.75) is 6.42 Å². The maximum absolute atomic E-state index is 12.4. The first-order valence-electron chi connectivity index (χ1n) is 10.8. The molecule has 35 heavy (non-hydrogen) atoms. The fourth-order valence-electron chi connectivity index (χ4n) is 3.57. The molecule has 0 fully saturated rings. The summed E-state index contributed by atoms with van der Waals surface area (Å²) in [6.07, 6.45) is 1.74. The van der Waals surface area contributed by atoms with Crippen LogP contribution in [0.1, 0.15) is 15.9 Å². The van der Waals surface area contributed by atoms with Gasteiger partial charge in [0.15, 0.2) is 5.78 Å². The van der Waals surface area contributed by atoms with E-state index in [0.717, 1.165) is 17.2 Å². The molecule has 0 aliphatic heterocycles. The number of phenolic OH excluding ortho intramolecular Hbond substituents is 3. The highest BCUT2D eigenvalue weighted by atomic mass is 16.3. The quantitative estimate of drug-likeness (QED) is 0.294. The van der Waals surface area contributed by atoms with Crippen LogP contribution in [0.5, 0.6) is 17.2 Å². The summed E-state index contributed by atoms with van der Waals surface area (Å²) in [5.41, 5.74) is 2.36. The van der Waals surface area contributed by atoms with Gasteiger partial charge in [-0.2, -0.15) is 0 Å². The second-order valence-corrected chi connectivity index (χ2v) is 7.81. The zero-order valence-electron chi connectivity index (χ0n) is 18.6. The lowest BCUT2D eigenvalue weighted by Gasteiger charge is -2.05. The lowest BCUT2D eigenvalue weighted by atomic mass is 10.0. The van der Waals surface area contributed by atoms with Gasteiger partial charge in [0.1, 0.15) is 34.5 Å². The highest BCUT2D eigenvalue weighted by Gasteiger charge is 2.13. The van der Waals surface area contributed by atoms with Gasteiger partial charge in [-0.05, 0) is 23.3 Å². The molecule has 174 valence electrons. The van der Waals surface area contributed by atoms with E-state index in [1.807, 2.05) is 60.7 Å². The molecule has 4 aromatic carbocycles. The molecule has 6 heteroatoms. The molecular formula is C29H22O6. The van der Waals surface area contributed by atoms with Gasteiger partial charge in [-0.1, -0.05) is 72.8 Å². The number of carbonyl (C=O) groups excluding carboxylic acids is 1. The molecule has 0 radical (unpaired) electrons. The largest absolute Gasteiger partial charge is 0.508 e. The SMILES string of the molecule is O=C(Cc1ccccc1)c1ccccc1.O=c1c(-c2ccc(O)cc2)coc2cc(O)cc(O)c12. The van der Waals surface area contributed by atoms with Crippen molar-refractivity contribution in [2.75, 3.05) is 0 Å². The Labute approximate surface area is 201 Å². The van der Waals surface area contributed by atoms with Crippen molar-refractivity contribution < 1.29 is 24.5 Å². The molecule has 6 nitrogen and oxygen atoms in total. The molecular weight excluding hydrogens is 444 g/mol. The Balaban J connectivity index is 0.000000172. The fourth-order valence-corrected chi connectivity index (χ4v) is 3.57. The van der Waals surface area contributed by atoms with Gasteiger partial charge in [-0.25, -0.2) is 0 Å². The maximum Gasteiger partial charge on any atom is 0.204 e. The number of phenols is 3. The number of hydrogen-bond acceptors (Lipinski definition) is 6. The molecule has 5 aromatic rings. The summed E-state index contributed by atoms with van der Waals surface area (Å²) >= 11 is 0. The zero-order chi connectivity index (χ0) is 24.8. The average Bonchev–Trinajstić information content (AvgIpc) is 2.86. The smallest absolute Gasteiger partial charge is 0.204 e. The number of rotatable bonds is 4. The molecule has 5 rings (SSSR count). The highest BCUT2D eigenvalue weighted by molar-refractivity contribution is 5.97. The number of benzene rings is 4. The number of fused-ring (bicyclic) bond motifs is 1. The van der Waals surface area contributed by atoms with Crippen LogP contribution in [-0.4, -0.2) is 21.1 Å². The van der Waals surface area contributed by atoms with Crippen LogP contribution in [0.4, 0.5) is 0 Å². The van der Waals surface area contributed by atoms with Crippen LogP contribution < -0.4 is 5.43 Å². The van der Waals surface area contributed by atoms with Gasteiger partial charge in [0.25, 0.3) is 0 Å². The van der Waals surface area contributed by atoms with Crippen LogP contribution in [-0.2, 0) is 6.42 Å². The third kappa shape index (κ3) is 5.57. The van der Waals surface area contributed by atoms with E-state index < -0.39 is 5.43 Å². The highest BCUT2D eigenvalue weighted by Crippen LogP contribution is 2.29. The second kappa shape index (κ2) is 10.4. The molecule has 0 saturated heterocycles. The first kappa shape index (κ1) is 23.3. The monoisotopic (exact) mass is 466 g/mol. The first-order chi connectivity index (χ1) is 16.9. The van der Waals surface area contributed by atoms with Crippen molar-refractivity contribution in [3.63, 3.8) is 0 Å². The normalized spacial score (nSPS) is 10.4. The minimum Gasteiger partial charge on any atom is -0.508 e. The summed E-state index contributed by atoms with van der Waals surface area (Å²) in [5, 5.41) is 28.4. The Bertz CT molecular complexity index is 1500. The second-order valence-electron chi connectivity index (χ2n) is 7.81. The maximum atomic E-state index is 12.4. The van der Waals surface area contributed by atoms with Gasteiger partial charge in [0.05, 0.1) is 5.56 Å². The van der Waals surface area contributed by atoms with Gasteiger partial charge in [0.2, 0.25) is 5.43 Å². The molecule has 0 bridgehead atoms. The number of ketones is 1. The third-order valence-corrected chi connectivity index (χ3v) is 5.32. The molecule has 0 atom stereocenters. The van der Waals surface area contributed by atoms with Gasteiger partial charge < -0.3 is 19.7 Å². The van der Waals surface area contributed by atoms with Crippen LogP contribution in [0, 0.1) is 0 Å². The Morgan fingerprint density at radius 3 is 2.03 bits per heavy atom.